The highest BCUT2D eigenvalue weighted by Crippen LogP contribution is 2.18. The second kappa shape index (κ2) is 7.88. The quantitative estimate of drug-likeness (QED) is 0.871. The third kappa shape index (κ3) is 4.05. The predicted molar refractivity (Wildman–Crippen MR) is 101 cm³/mol. The molecule has 6 nitrogen and oxygen atoms in total. The summed E-state index contributed by atoms with van der Waals surface area (Å²) in [7, 11) is -3.50. The topological polar surface area (TPSA) is 69.7 Å². The highest BCUT2D eigenvalue weighted by atomic mass is 32.2. The average molecular weight is 373 g/mol. The zero-order valence-corrected chi connectivity index (χ0v) is 15.5. The zero-order chi connectivity index (χ0) is 18.6. The summed E-state index contributed by atoms with van der Waals surface area (Å²) in [4.78, 5) is 14.6. The third-order valence-corrected chi connectivity index (χ3v) is 6.37. The lowest BCUT2D eigenvalue weighted by Gasteiger charge is -2.35. The molecule has 0 saturated carbocycles. The fourth-order valence-electron chi connectivity index (χ4n) is 3.01. The van der Waals surface area contributed by atoms with Gasteiger partial charge in [-0.05, 0) is 31.2 Å². The first-order valence-electron chi connectivity index (χ1n) is 8.64. The van der Waals surface area contributed by atoms with Gasteiger partial charge in [0.05, 0.1) is 4.90 Å². The predicted octanol–water partition coefficient (Wildman–Crippen LogP) is 2.02. The first-order chi connectivity index (χ1) is 12.5. The molecule has 1 aliphatic heterocycles. The number of piperazine rings is 1. The van der Waals surface area contributed by atoms with Gasteiger partial charge in [0.1, 0.15) is 6.04 Å². The van der Waals surface area contributed by atoms with Crippen molar-refractivity contribution in [2.45, 2.75) is 17.9 Å². The Morgan fingerprint density at radius 3 is 2.04 bits per heavy atom. The number of nitrogens with zero attached hydrogens (tertiary/aromatic N) is 2. The van der Waals surface area contributed by atoms with E-state index in [2.05, 4.69) is 5.32 Å². The van der Waals surface area contributed by atoms with Crippen LogP contribution >= 0.6 is 0 Å². The molecule has 1 fully saturated rings. The lowest BCUT2D eigenvalue weighted by Crippen LogP contribution is -2.53. The Hall–Kier alpha value is -2.38. The lowest BCUT2D eigenvalue weighted by atomic mass is 10.2. The summed E-state index contributed by atoms with van der Waals surface area (Å²) in [5, 5.41) is 3.18. The van der Waals surface area contributed by atoms with Gasteiger partial charge in [0.15, 0.2) is 0 Å². The third-order valence-electron chi connectivity index (χ3n) is 4.46. The van der Waals surface area contributed by atoms with E-state index in [9.17, 15) is 13.2 Å². The summed E-state index contributed by atoms with van der Waals surface area (Å²) in [6.07, 6.45) is 0. The van der Waals surface area contributed by atoms with Crippen LogP contribution in [-0.2, 0) is 14.8 Å². The van der Waals surface area contributed by atoms with Crippen LogP contribution in [0.15, 0.2) is 65.6 Å². The van der Waals surface area contributed by atoms with Gasteiger partial charge in [-0.3, -0.25) is 4.79 Å². The van der Waals surface area contributed by atoms with Crippen molar-refractivity contribution in [3.05, 3.63) is 60.7 Å². The number of hydrogen-bond donors (Lipinski definition) is 1. The largest absolute Gasteiger partial charge is 0.374 e. The average Bonchev–Trinajstić information content (AvgIpc) is 2.69. The van der Waals surface area contributed by atoms with E-state index in [4.69, 9.17) is 0 Å². The molecule has 1 saturated heterocycles. The number of amides is 1. The van der Waals surface area contributed by atoms with Gasteiger partial charge < -0.3 is 10.2 Å². The Bertz CT molecular complexity index is 833. The van der Waals surface area contributed by atoms with E-state index in [1.54, 1.807) is 35.2 Å². The molecule has 26 heavy (non-hydrogen) atoms. The van der Waals surface area contributed by atoms with Crippen LogP contribution in [0.2, 0.25) is 0 Å². The molecule has 0 bridgehead atoms. The number of anilines is 1. The van der Waals surface area contributed by atoms with Crippen molar-refractivity contribution < 1.29 is 13.2 Å². The Morgan fingerprint density at radius 1 is 0.923 bits per heavy atom. The molecule has 0 radical (unpaired) electrons. The van der Waals surface area contributed by atoms with Gasteiger partial charge in [-0.15, -0.1) is 0 Å². The standard InChI is InChI=1S/C19H23N3O3S/c1-16(20-17-8-4-2-5-9-17)19(23)21-12-14-22(15-13-21)26(24,25)18-10-6-3-7-11-18/h2-11,16,20H,12-15H2,1H3/t16-/m1/s1. The van der Waals surface area contributed by atoms with Crippen molar-refractivity contribution in [3.63, 3.8) is 0 Å². The molecule has 1 atom stereocenters. The minimum absolute atomic E-state index is 0.0226. The number of rotatable bonds is 5. The molecule has 0 unspecified atom stereocenters. The van der Waals surface area contributed by atoms with Crippen molar-refractivity contribution in [1.82, 2.24) is 9.21 Å². The molecular formula is C19H23N3O3S. The number of sulfonamides is 1. The van der Waals surface area contributed by atoms with Crippen LogP contribution in [0.5, 0.6) is 0 Å². The van der Waals surface area contributed by atoms with Crippen molar-refractivity contribution >= 4 is 21.6 Å². The fraction of sp³-hybridized carbons (Fsp3) is 0.316. The summed E-state index contributed by atoms with van der Waals surface area (Å²) in [5.74, 6) is -0.0226. The number of carbonyl (C=O) groups is 1. The van der Waals surface area contributed by atoms with Crippen LogP contribution in [0.25, 0.3) is 0 Å². The smallest absolute Gasteiger partial charge is 0.244 e. The van der Waals surface area contributed by atoms with E-state index in [0.29, 0.717) is 31.1 Å². The molecule has 1 N–H and O–H groups in total. The van der Waals surface area contributed by atoms with Crippen molar-refractivity contribution in [1.29, 1.82) is 0 Å². The number of para-hydroxylation sites is 1. The second-order valence-electron chi connectivity index (χ2n) is 6.27. The van der Waals surface area contributed by atoms with Gasteiger partial charge >= 0.3 is 0 Å². The number of nitrogens with one attached hydrogen (secondary N) is 1. The van der Waals surface area contributed by atoms with Crippen LogP contribution < -0.4 is 5.32 Å². The summed E-state index contributed by atoms with van der Waals surface area (Å²) < 4.78 is 26.7. The van der Waals surface area contributed by atoms with Crippen LogP contribution in [0.1, 0.15) is 6.92 Å². The molecule has 1 heterocycles. The van der Waals surface area contributed by atoms with Gasteiger partial charge in [0.25, 0.3) is 0 Å². The maximum Gasteiger partial charge on any atom is 0.244 e. The summed E-state index contributed by atoms with van der Waals surface area (Å²) >= 11 is 0. The molecule has 1 amide bonds. The number of benzene rings is 2. The van der Waals surface area contributed by atoms with E-state index in [-0.39, 0.29) is 11.9 Å². The van der Waals surface area contributed by atoms with E-state index in [1.807, 2.05) is 37.3 Å². The zero-order valence-electron chi connectivity index (χ0n) is 14.7. The molecule has 0 aliphatic carbocycles. The maximum atomic E-state index is 12.6. The van der Waals surface area contributed by atoms with Gasteiger partial charge in [-0.2, -0.15) is 4.31 Å². The van der Waals surface area contributed by atoms with Crippen molar-refractivity contribution in [2.24, 2.45) is 0 Å². The molecular weight excluding hydrogens is 350 g/mol. The molecule has 1 aliphatic rings. The van der Waals surface area contributed by atoms with E-state index >= 15 is 0 Å². The molecule has 0 aromatic heterocycles. The van der Waals surface area contributed by atoms with Crippen molar-refractivity contribution in [3.8, 4) is 0 Å². The van der Waals surface area contributed by atoms with Crippen LogP contribution in [0, 0.1) is 0 Å². The minimum atomic E-state index is -3.50. The summed E-state index contributed by atoms with van der Waals surface area (Å²) in [6.45, 7) is 3.22. The van der Waals surface area contributed by atoms with Crippen LogP contribution in [-0.4, -0.2) is 55.8 Å². The highest BCUT2D eigenvalue weighted by molar-refractivity contribution is 7.89. The fourth-order valence-corrected chi connectivity index (χ4v) is 4.45. The first kappa shape index (κ1) is 18.4. The van der Waals surface area contributed by atoms with Gasteiger partial charge in [-0.1, -0.05) is 36.4 Å². The SMILES string of the molecule is C[C@@H](Nc1ccccc1)C(=O)N1CCN(S(=O)(=O)c2ccccc2)CC1. The van der Waals surface area contributed by atoms with Gasteiger partial charge in [-0.25, -0.2) is 8.42 Å². The molecule has 2 aromatic carbocycles. The maximum absolute atomic E-state index is 12.6. The normalized spacial score (nSPS) is 16.9. The van der Waals surface area contributed by atoms with Gasteiger partial charge in [0.2, 0.25) is 15.9 Å². The highest BCUT2D eigenvalue weighted by Gasteiger charge is 2.31. The van der Waals surface area contributed by atoms with Crippen LogP contribution in [0.4, 0.5) is 5.69 Å². The molecule has 138 valence electrons. The van der Waals surface area contributed by atoms with Gasteiger partial charge in [0, 0.05) is 31.9 Å². The van der Waals surface area contributed by atoms with E-state index < -0.39 is 10.0 Å². The summed E-state index contributed by atoms with van der Waals surface area (Å²) in [5.41, 5.74) is 0.888. The molecule has 0 spiro atoms. The monoisotopic (exact) mass is 373 g/mol. The van der Waals surface area contributed by atoms with Crippen molar-refractivity contribution in [2.75, 3.05) is 31.5 Å². The number of carbonyl (C=O) groups excluding carboxylic acids is 1. The van der Waals surface area contributed by atoms with E-state index in [1.165, 1.54) is 4.31 Å². The second-order valence-corrected chi connectivity index (χ2v) is 8.21. The Morgan fingerprint density at radius 2 is 1.46 bits per heavy atom. The summed E-state index contributed by atoms with van der Waals surface area (Å²) in [6, 6.07) is 17.6. The molecule has 2 aromatic rings. The molecule has 3 rings (SSSR count). The number of hydrogen-bond acceptors (Lipinski definition) is 4. The van der Waals surface area contributed by atoms with Crippen LogP contribution in [0.3, 0.4) is 0 Å². The first-order valence-corrected chi connectivity index (χ1v) is 10.1. The lowest BCUT2D eigenvalue weighted by molar-refractivity contribution is -0.132. The van der Waals surface area contributed by atoms with E-state index in [0.717, 1.165) is 5.69 Å². The minimum Gasteiger partial charge on any atom is -0.374 e. The Labute approximate surface area is 154 Å². The Kier molecular flexibility index (Phi) is 5.58. The molecule has 7 heteroatoms. The Balaban J connectivity index is 1.59.